The maximum atomic E-state index is 4.30. The molecule has 1 N–H and O–H groups in total. The van der Waals surface area contributed by atoms with Crippen LogP contribution in [0.5, 0.6) is 0 Å². The molecular weight excluding hydrogens is 504 g/mol. The maximum absolute atomic E-state index is 4.30. The summed E-state index contributed by atoms with van der Waals surface area (Å²) in [6.07, 6.45) is 4.46. The summed E-state index contributed by atoms with van der Waals surface area (Å²) in [5.74, 6) is 0. The maximum Gasteiger partial charge on any atom is 0.0956 e. The van der Waals surface area contributed by atoms with Crippen molar-refractivity contribution < 1.29 is 0 Å². The number of fused-ring (bicyclic) bond motifs is 10. The van der Waals surface area contributed by atoms with Crippen molar-refractivity contribution in [2.45, 2.75) is 54.0 Å². The summed E-state index contributed by atoms with van der Waals surface area (Å²) >= 11 is 0. The Bertz CT molecular complexity index is 1590. The third-order valence-electron chi connectivity index (χ3n) is 12.6. The summed E-state index contributed by atoms with van der Waals surface area (Å²) in [5.41, 5.74) is 10.3. The fourth-order valence-electron chi connectivity index (χ4n) is 11.3. The fraction of sp³-hybridized carbons (Fsp3) is 0.486. The quantitative estimate of drug-likeness (QED) is 0.511. The fourth-order valence-corrected chi connectivity index (χ4v) is 11.3. The molecule has 0 aliphatic carbocycles. The Labute approximate surface area is 244 Å². The number of benzene rings is 3. The first kappa shape index (κ1) is 24.5. The molecule has 0 amide bonds. The Morgan fingerprint density at radius 2 is 1.12 bits per heavy atom. The minimum atomic E-state index is -0.0508. The number of likely N-dealkylation sites (tertiary alicyclic amines) is 3. The normalized spacial score (nSPS) is 37.1. The number of anilines is 3. The van der Waals surface area contributed by atoms with E-state index in [1.54, 1.807) is 11.1 Å². The second-order valence-electron chi connectivity index (χ2n) is 13.9. The van der Waals surface area contributed by atoms with E-state index in [1.165, 1.54) is 41.0 Å². The van der Waals surface area contributed by atoms with E-state index in [9.17, 15) is 0 Å². The molecule has 0 bridgehead atoms. The highest BCUT2D eigenvalue weighted by atomic mass is 15.4. The summed E-state index contributed by atoms with van der Waals surface area (Å²) < 4.78 is 0. The molecule has 6 nitrogen and oxygen atoms in total. The molecule has 6 aliphatic heterocycles. The van der Waals surface area contributed by atoms with Crippen LogP contribution in [0.1, 0.15) is 41.5 Å². The van der Waals surface area contributed by atoms with E-state index in [-0.39, 0.29) is 22.4 Å². The first-order chi connectivity index (χ1) is 19.9. The van der Waals surface area contributed by atoms with Crippen LogP contribution in [0.3, 0.4) is 0 Å². The van der Waals surface area contributed by atoms with Crippen molar-refractivity contribution >= 4 is 17.1 Å². The van der Waals surface area contributed by atoms with Crippen molar-refractivity contribution in [3.8, 4) is 0 Å². The van der Waals surface area contributed by atoms with Gasteiger partial charge in [0, 0.05) is 61.6 Å². The Hall–Kier alpha value is -3.06. The zero-order valence-corrected chi connectivity index (χ0v) is 25.1. The Morgan fingerprint density at radius 1 is 0.561 bits per heavy atom. The molecule has 6 aliphatic rings. The van der Waals surface area contributed by atoms with Gasteiger partial charge in [-0.15, -0.1) is 0 Å². The summed E-state index contributed by atoms with van der Waals surface area (Å²) in [7, 11) is 11.7. The van der Waals surface area contributed by atoms with Crippen LogP contribution in [0.2, 0.25) is 0 Å². The molecule has 6 heterocycles. The van der Waals surface area contributed by atoms with Gasteiger partial charge in [-0.05, 0) is 74.8 Å². The molecule has 6 atom stereocenters. The second kappa shape index (κ2) is 7.85. The largest absolute Gasteiger partial charge is 0.368 e. The lowest BCUT2D eigenvalue weighted by Gasteiger charge is -2.49. The molecule has 3 aromatic carbocycles. The molecule has 9 rings (SSSR count). The lowest BCUT2D eigenvalue weighted by atomic mass is 9.54. The lowest BCUT2D eigenvalue weighted by Crippen LogP contribution is -2.61. The predicted octanol–water partition coefficient (Wildman–Crippen LogP) is 4.46. The van der Waals surface area contributed by atoms with Gasteiger partial charge in [-0.1, -0.05) is 54.6 Å². The van der Waals surface area contributed by atoms with Gasteiger partial charge in [0.25, 0.3) is 0 Å². The molecule has 3 aromatic rings. The van der Waals surface area contributed by atoms with E-state index >= 15 is 0 Å². The molecule has 3 saturated heterocycles. The standard InChI is InChI=1S/C35H42N6/c1-37-21-18-34(35-19-22-39(3)32(35)41(5)28-16-9-7-12-24(28)35)26-14-10-13-25(29(26)36-30(34)37)33-17-20-38(2)31(33)40(4)27-15-8-6-11-23(27)33/h6-16,30-32,36H,17-22H2,1-5H3/t30-,31-,32+,33+,34+,35+/m0/s1. The second-order valence-corrected chi connectivity index (χ2v) is 13.9. The van der Waals surface area contributed by atoms with Crippen LogP contribution in [0.25, 0.3) is 0 Å². The van der Waals surface area contributed by atoms with Crippen LogP contribution in [0, 0.1) is 0 Å². The van der Waals surface area contributed by atoms with Crippen LogP contribution in [0.4, 0.5) is 17.1 Å². The van der Waals surface area contributed by atoms with Crippen LogP contribution < -0.4 is 15.1 Å². The van der Waals surface area contributed by atoms with Crippen LogP contribution in [-0.2, 0) is 16.2 Å². The van der Waals surface area contributed by atoms with Gasteiger partial charge in [0.05, 0.1) is 23.9 Å². The van der Waals surface area contributed by atoms with Crippen molar-refractivity contribution in [2.24, 2.45) is 0 Å². The van der Waals surface area contributed by atoms with Crippen LogP contribution >= 0.6 is 0 Å². The minimum absolute atomic E-state index is 0.00987. The highest BCUT2D eigenvalue weighted by Crippen LogP contribution is 2.69. The monoisotopic (exact) mass is 546 g/mol. The van der Waals surface area contributed by atoms with E-state index in [4.69, 9.17) is 0 Å². The van der Waals surface area contributed by atoms with Crippen LogP contribution in [-0.4, -0.2) is 88.1 Å². The molecule has 0 radical (unpaired) electrons. The van der Waals surface area contributed by atoms with Gasteiger partial charge in [-0.3, -0.25) is 14.7 Å². The average Bonchev–Trinajstić information content (AvgIpc) is 3.79. The molecule has 3 fully saturated rings. The van der Waals surface area contributed by atoms with E-state index in [1.807, 2.05) is 0 Å². The number of nitrogens with zero attached hydrogens (tertiary/aromatic N) is 5. The topological polar surface area (TPSA) is 28.2 Å². The van der Waals surface area contributed by atoms with Crippen molar-refractivity contribution in [3.63, 3.8) is 0 Å². The smallest absolute Gasteiger partial charge is 0.0956 e. The van der Waals surface area contributed by atoms with Gasteiger partial charge in [0.1, 0.15) is 0 Å². The highest BCUT2D eigenvalue weighted by Gasteiger charge is 2.72. The van der Waals surface area contributed by atoms with Crippen molar-refractivity contribution in [3.05, 3.63) is 89.0 Å². The number of nitrogens with one attached hydrogen (secondary N) is 1. The average molecular weight is 547 g/mol. The van der Waals surface area contributed by atoms with E-state index in [0.717, 1.165) is 26.1 Å². The van der Waals surface area contributed by atoms with Gasteiger partial charge in [0.15, 0.2) is 0 Å². The Morgan fingerprint density at radius 3 is 1.93 bits per heavy atom. The van der Waals surface area contributed by atoms with Gasteiger partial charge in [0.2, 0.25) is 0 Å². The molecule has 0 aromatic heterocycles. The summed E-state index contributed by atoms with van der Waals surface area (Å²) in [5, 5.41) is 4.30. The first-order valence-corrected chi connectivity index (χ1v) is 15.5. The molecule has 0 unspecified atom stereocenters. The first-order valence-electron chi connectivity index (χ1n) is 15.5. The van der Waals surface area contributed by atoms with Crippen molar-refractivity contribution in [1.82, 2.24) is 14.7 Å². The molecule has 6 heteroatoms. The number of hydrogen-bond donors (Lipinski definition) is 1. The summed E-state index contributed by atoms with van der Waals surface area (Å²) in [4.78, 5) is 13.0. The van der Waals surface area contributed by atoms with Gasteiger partial charge >= 0.3 is 0 Å². The third-order valence-corrected chi connectivity index (χ3v) is 12.6. The van der Waals surface area contributed by atoms with E-state index in [0.29, 0.717) is 12.3 Å². The lowest BCUT2D eigenvalue weighted by molar-refractivity contribution is 0.136. The molecular formula is C35H42N6. The van der Waals surface area contributed by atoms with Gasteiger partial charge < -0.3 is 15.1 Å². The highest BCUT2D eigenvalue weighted by molar-refractivity contribution is 5.79. The third kappa shape index (κ3) is 2.51. The van der Waals surface area contributed by atoms with E-state index in [2.05, 4.69) is 132 Å². The molecule has 212 valence electrons. The molecule has 0 saturated carbocycles. The zero-order chi connectivity index (χ0) is 27.9. The molecule has 41 heavy (non-hydrogen) atoms. The van der Waals surface area contributed by atoms with Gasteiger partial charge in [-0.2, -0.15) is 0 Å². The SMILES string of the molecule is CN1CC[C@@]2([C@@]34CCN(C)[C@@H]3Nc3c([C@]56CCN(C)[C@H]5N(C)c5ccccc56)cccc34)c3ccccc3N(C)[C@@H]12. The number of para-hydroxylation sites is 3. The van der Waals surface area contributed by atoms with Crippen molar-refractivity contribution in [1.29, 1.82) is 0 Å². The zero-order valence-electron chi connectivity index (χ0n) is 25.1. The Kier molecular flexibility index (Phi) is 4.70. The van der Waals surface area contributed by atoms with E-state index < -0.39 is 0 Å². The summed E-state index contributed by atoms with van der Waals surface area (Å²) in [6.45, 7) is 3.36. The van der Waals surface area contributed by atoms with Gasteiger partial charge in [-0.25, -0.2) is 0 Å². The van der Waals surface area contributed by atoms with Crippen molar-refractivity contribution in [2.75, 3.05) is 70.0 Å². The number of rotatable bonds is 2. The summed E-state index contributed by atoms with van der Waals surface area (Å²) in [6, 6.07) is 25.9. The Balaban J connectivity index is 1.32. The number of hydrogen-bond acceptors (Lipinski definition) is 6. The van der Waals surface area contributed by atoms with Crippen LogP contribution in [0.15, 0.2) is 66.7 Å². The minimum Gasteiger partial charge on any atom is -0.368 e. The molecule has 0 spiro atoms. The predicted molar refractivity (Wildman–Crippen MR) is 167 cm³/mol. The number of likely N-dealkylation sites (N-methyl/N-ethyl adjacent to an activating group) is 5.